The van der Waals surface area contributed by atoms with Gasteiger partial charge in [-0.3, -0.25) is 0 Å². The molecule has 0 atom stereocenters. The average molecular weight is 244 g/mol. The third kappa shape index (κ3) is 3.25. The van der Waals surface area contributed by atoms with E-state index in [0.717, 1.165) is 0 Å². The van der Waals surface area contributed by atoms with Gasteiger partial charge in [0.15, 0.2) is 0 Å². The van der Waals surface area contributed by atoms with Gasteiger partial charge in [-0.1, -0.05) is 36.4 Å². The molecule has 0 radical (unpaired) electrons. The van der Waals surface area contributed by atoms with E-state index < -0.39 is 6.16 Å². The van der Waals surface area contributed by atoms with Crippen molar-refractivity contribution in [2.24, 2.45) is 0 Å². The Bertz CT molecular complexity index is 522. The lowest BCUT2D eigenvalue weighted by Crippen LogP contribution is -2.10. The fourth-order valence-electron chi connectivity index (χ4n) is 1.38. The topological polar surface area (TPSA) is 55.8 Å². The van der Waals surface area contributed by atoms with E-state index in [1.54, 1.807) is 42.5 Å². The largest absolute Gasteiger partial charge is 0.514 e. The smallest absolute Gasteiger partial charge is 0.508 e. The van der Waals surface area contributed by atoms with Crippen LogP contribution < -0.4 is 4.74 Å². The molecule has 0 aliphatic rings. The monoisotopic (exact) mass is 244 g/mol. The van der Waals surface area contributed by atoms with E-state index >= 15 is 0 Å². The predicted octanol–water partition coefficient (Wildman–Crippen LogP) is 3.11. The number of hydrogen-bond donors (Lipinski definition) is 1. The third-order valence-corrected chi connectivity index (χ3v) is 2.28. The van der Waals surface area contributed by atoms with Gasteiger partial charge in [0.1, 0.15) is 18.1 Å². The molecule has 0 bridgehead atoms. The second-order valence-corrected chi connectivity index (χ2v) is 3.58. The van der Waals surface area contributed by atoms with Crippen molar-refractivity contribution in [3.63, 3.8) is 0 Å². The van der Waals surface area contributed by atoms with Crippen LogP contribution in [0.15, 0.2) is 54.6 Å². The van der Waals surface area contributed by atoms with E-state index in [0.29, 0.717) is 11.3 Å². The molecule has 2 aromatic carbocycles. The zero-order valence-electron chi connectivity index (χ0n) is 9.58. The molecule has 0 heterocycles. The molecule has 92 valence electrons. The van der Waals surface area contributed by atoms with Gasteiger partial charge in [0.25, 0.3) is 0 Å². The molecule has 18 heavy (non-hydrogen) atoms. The maximum Gasteiger partial charge on any atom is 0.514 e. The van der Waals surface area contributed by atoms with Crippen LogP contribution in [0, 0.1) is 0 Å². The van der Waals surface area contributed by atoms with Crippen molar-refractivity contribution in [2.75, 3.05) is 0 Å². The lowest BCUT2D eigenvalue weighted by Gasteiger charge is -2.06. The highest BCUT2D eigenvalue weighted by atomic mass is 16.7. The van der Waals surface area contributed by atoms with Gasteiger partial charge in [-0.05, 0) is 18.2 Å². The van der Waals surface area contributed by atoms with E-state index in [2.05, 4.69) is 0 Å². The Kier molecular flexibility index (Phi) is 3.81. The highest BCUT2D eigenvalue weighted by Crippen LogP contribution is 2.17. The van der Waals surface area contributed by atoms with E-state index in [1.807, 2.05) is 6.07 Å². The summed E-state index contributed by atoms with van der Waals surface area (Å²) in [6, 6.07) is 15.3. The molecule has 4 nitrogen and oxygen atoms in total. The quantitative estimate of drug-likeness (QED) is 0.665. The Balaban J connectivity index is 1.88. The molecule has 1 N–H and O–H groups in total. The first-order valence-electron chi connectivity index (χ1n) is 5.42. The summed E-state index contributed by atoms with van der Waals surface area (Å²) in [6.07, 6.45) is -0.801. The molecule has 0 saturated heterocycles. The Labute approximate surface area is 104 Å². The second kappa shape index (κ2) is 5.72. The van der Waals surface area contributed by atoms with Crippen molar-refractivity contribution < 1.29 is 19.4 Å². The van der Waals surface area contributed by atoms with E-state index in [9.17, 15) is 9.90 Å². The maximum atomic E-state index is 11.4. The van der Waals surface area contributed by atoms with Gasteiger partial charge in [-0.15, -0.1) is 0 Å². The Morgan fingerprint density at radius 3 is 2.39 bits per heavy atom. The van der Waals surface area contributed by atoms with Crippen molar-refractivity contribution >= 4 is 6.16 Å². The second-order valence-electron chi connectivity index (χ2n) is 3.58. The van der Waals surface area contributed by atoms with E-state index in [4.69, 9.17) is 9.47 Å². The zero-order chi connectivity index (χ0) is 12.8. The molecule has 0 aliphatic heterocycles. The molecule has 0 saturated carbocycles. The SMILES string of the molecule is O=C(OCc1ccccc1O)Oc1ccccc1. The molecule has 0 aliphatic carbocycles. The van der Waals surface area contributed by atoms with Crippen LogP contribution in [0.1, 0.15) is 5.56 Å². The minimum Gasteiger partial charge on any atom is -0.508 e. The van der Waals surface area contributed by atoms with Crippen LogP contribution in [0.4, 0.5) is 4.79 Å². The van der Waals surface area contributed by atoms with Gasteiger partial charge in [0.05, 0.1) is 0 Å². The molecule has 4 heteroatoms. The first-order valence-corrected chi connectivity index (χ1v) is 5.42. The zero-order valence-corrected chi connectivity index (χ0v) is 9.58. The maximum absolute atomic E-state index is 11.4. The molecular weight excluding hydrogens is 232 g/mol. The standard InChI is InChI=1S/C14H12O4/c15-13-9-5-4-6-11(13)10-17-14(16)18-12-7-2-1-3-8-12/h1-9,15H,10H2. The number of rotatable bonds is 3. The molecule has 0 spiro atoms. The molecule has 0 amide bonds. The van der Waals surface area contributed by atoms with Crippen LogP contribution in [0.25, 0.3) is 0 Å². The first-order chi connectivity index (χ1) is 8.75. The van der Waals surface area contributed by atoms with Crippen LogP contribution >= 0.6 is 0 Å². The lowest BCUT2D eigenvalue weighted by atomic mass is 10.2. The highest BCUT2D eigenvalue weighted by Gasteiger charge is 2.07. The van der Waals surface area contributed by atoms with Crippen molar-refractivity contribution in [1.82, 2.24) is 0 Å². The van der Waals surface area contributed by atoms with Crippen LogP contribution in [-0.2, 0) is 11.3 Å². The number of carbonyl (C=O) groups excluding carboxylic acids is 1. The summed E-state index contributed by atoms with van der Waals surface area (Å²) < 4.78 is 9.82. The van der Waals surface area contributed by atoms with Crippen molar-refractivity contribution in [3.8, 4) is 11.5 Å². The van der Waals surface area contributed by atoms with Gasteiger partial charge < -0.3 is 14.6 Å². The number of benzene rings is 2. The molecule has 2 rings (SSSR count). The molecule has 0 fully saturated rings. The van der Waals surface area contributed by atoms with Crippen LogP contribution in [0.2, 0.25) is 0 Å². The van der Waals surface area contributed by atoms with Gasteiger partial charge >= 0.3 is 6.16 Å². The molecular formula is C14H12O4. The number of para-hydroxylation sites is 2. The third-order valence-electron chi connectivity index (χ3n) is 2.28. The van der Waals surface area contributed by atoms with E-state index in [1.165, 1.54) is 6.07 Å². The summed E-state index contributed by atoms with van der Waals surface area (Å²) in [5.41, 5.74) is 0.530. The minimum absolute atomic E-state index is 0.0294. The fourth-order valence-corrected chi connectivity index (χ4v) is 1.38. The minimum atomic E-state index is -0.801. The van der Waals surface area contributed by atoms with Crippen molar-refractivity contribution in [2.45, 2.75) is 6.61 Å². The number of aromatic hydroxyl groups is 1. The van der Waals surface area contributed by atoms with Crippen molar-refractivity contribution in [1.29, 1.82) is 0 Å². The van der Waals surface area contributed by atoms with Crippen LogP contribution in [0.5, 0.6) is 11.5 Å². The van der Waals surface area contributed by atoms with Crippen molar-refractivity contribution in [3.05, 3.63) is 60.2 Å². The summed E-state index contributed by atoms with van der Waals surface area (Å²) >= 11 is 0. The summed E-state index contributed by atoms with van der Waals surface area (Å²) in [6.45, 7) is -0.0294. The molecule has 0 unspecified atom stereocenters. The predicted molar refractivity (Wildman–Crippen MR) is 65.4 cm³/mol. The van der Waals surface area contributed by atoms with Gasteiger partial charge in [-0.25, -0.2) is 4.79 Å². The van der Waals surface area contributed by atoms with Crippen LogP contribution in [-0.4, -0.2) is 11.3 Å². The number of carbonyl (C=O) groups is 1. The fraction of sp³-hybridized carbons (Fsp3) is 0.0714. The Hall–Kier alpha value is -2.49. The average Bonchev–Trinajstić information content (AvgIpc) is 2.39. The lowest BCUT2D eigenvalue weighted by molar-refractivity contribution is 0.0921. The number of phenolic OH excluding ortho intramolecular Hbond substituents is 1. The normalized spacial score (nSPS) is 9.78. The first kappa shape index (κ1) is 12.0. The van der Waals surface area contributed by atoms with E-state index in [-0.39, 0.29) is 12.4 Å². The number of ether oxygens (including phenoxy) is 2. The van der Waals surface area contributed by atoms with Gasteiger partial charge in [-0.2, -0.15) is 0 Å². The Morgan fingerprint density at radius 1 is 1.00 bits per heavy atom. The number of phenols is 1. The van der Waals surface area contributed by atoms with Gasteiger partial charge in [0, 0.05) is 5.56 Å². The summed E-state index contributed by atoms with van der Waals surface area (Å²) in [5.74, 6) is 0.504. The molecule has 2 aromatic rings. The summed E-state index contributed by atoms with van der Waals surface area (Å²) in [5, 5.41) is 9.48. The Morgan fingerprint density at radius 2 is 1.67 bits per heavy atom. The summed E-state index contributed by atoms with van der Waals surface area (Å²) in [4.78, 5) is 11.4. The summed E-state index contributed by atoms with van der Waals surface area (Å²) in [7, 11) is 0. The van der Waals surface area contributed by atoms with Crippen LogP contribution in [0.3, 0.4) is 0 Å². The number of hydrogen-bond acceptors (Lipinski definition) is 4. The molecule has 0 aromatic heterocycles. The van der Waals surface area contributed by atoms with Gasteiger partial charge in [0.2, 0.25) is 0 Å². The highest BCUT2D eigenvalue weighted by molar-refractivity contribution is 5.63.